The highest BCUT2D eigenvalue weighted by Crippen LogP contribution is 2.60. The molecule has 2 amide bonds. The summed E-state index contributed by atoms with van der Waals surface area (Å²) in [6.07, 6.45) is 8.65. The lowest BCUT2D eigenvalue weighted by Gasteiger charge is -2.55. The highest BCUT2D eigenvalue weighted by atomic mass is 16.2. The van der Waals surface area contributed by atoms with Crippen molar-refractivity contribution in [2.75, 3.05) is 0 Å². The third-order valence-corrected chi connectivity index (χ3v) is 6.77. The molecule has 4 saturated carbocycles. The average molecular weight is 358 g/mol. The molecule has 5 rings (SSSR count). The van der Waals surface area contributed by atoms with Crippen molar-refractivity contribution < 1.29 is 9.59 Å². The smallest absolute Gasteiger partial charge is 0.243 e. The van der Waals surface area contributed by atoms with E-state index in [0.29, 0.717) is 6.54 Å². The van der Waals surface area contributed by atoms with Crippen LogP contribution in [0.2, 0.25) is 0 Å². The zero-order chi connectivity index (χ0) is 18.3. The number of hydrogen-bond donors (Lipinski definition) is 3. The number of carbonyl (C=O) groups excluding carboxylic acids is 2. The maximum absolute atomic E-state index is 13.2. The van der Waals surface area contributed by atoms with Crippen molar-refractivity contribution in [2.24, 2.45) is 29.1 Å². The van der Waals surface area contributed by atoms with Gasteiger partial charge in [0.25, 0.3) is 0 Å². The molecule has 4 fully saturated rings. The van der Waals surface area contributed by atoms with Crippen LogP contribution in [0.15, 0.2) is 12.3 Å². The van der Waals surface area contributed by atoms with Crippen LogP contribution in [-0.2, 0) is 16.1 Å². The van der Waals surface area contributed by atoms with Gasteiger partial charge in [-0.1, -0.05) is 13.8 Å². The predicted octanol–water partition coefficient (Wildman–Crippen LogP) is 2.38. The Labute approximate surface area is 154 Å². The molecule has 0 spiro atoms. The molecule has 0 saturated heterocycles. The van der Waals surface area contributed by atoms with Crippen LogP contribution in [-0.4, -0.2) is 28.1 Å². The number of nitrogens with one attached hydrogen (secondary N) is 3. The van der Waals surface area contributed by atoms with Gasteiger partial charge in [-0.3, -0.25) is 14.7 Å². The van der Waals surface area contributed by atoms with Gasteiger partial charge in [-0.15, -0.1) is 0 Å². The Hall–Kier alpha value is -1.85. The van der Waals surface area contributed by atoms with E-state index in [9.17, 15) is 9.59 Å². The average Bonchev–Trinajstić information content (AvgIpc) is 3.09. The Balaban J connectivity index is 1.41. The molecule has 6 heteroatoms. The molecule has 3 N–H and O–H groups in total. The molecule has 142 valence electrons. The first-order valence-corrected chi connectivity index (χ1v) is 10.0. The maximum Gasteiger partial charge on any atom is 0.243 e. The summed E-state index contributed by atoms with van der Waals surface area (Å²) in [6, 6.07) is 1.34. The van der Waals surface area contributed by atoms with Gasteiger partial charge in [-0.05, 0) is 68.3 Å². The number of carbonyl (C=O) groups is 2. The Morgan fingerprint density at radius 1 is 1.19 bits per heavy atom. The third kappa shape index (κ3) is 3.26. The summed E-state index contributed by atoms with van der Waals surface area (Å²) in [7, 11) is 0. The molecule has 6 nitrogen and oxygen atoms in total. The second-order valence-corrected chi connectivity index (χ2v) is 9.19. The monoisotopic (exact) mass is 358 g/mol. The second-order valence-electron chi connectivity index (χ2n) is 9.19. The standard InChI is InChI=1S/C20H30N4O2/c1-12(2)17(18(25)21-11-16-3-4-22-24-16)23-19(26)20-8-13-5-14(9-20)7-15(6-13)10-20/h3-4,12-15,17H,5-11H2,1-2H3,(H,21,25)(H,22,24)(H,23,26)/t13?,14?,15?,17-,20?/m0/s1. The molecule has 0 unspecified atom stereocenters. The van der Waals surface area contributed by atoms with Gasteiger partial charge in [-0.25, -0.2) is 0 Å². The van der Waals surface area contributed by atoms with Crippen LogP contribution < -0.4 is 10.6 Å². The van der Waals surface area contributed by atoms with E-state index in [4.69, 9.17) is 0 Å². The minimum absolute atomic E-state index is 0.0506. The van der Waals surface area contributed by atoms with E-state index in [1.165, 1.54) is 19.3 Å². The van der Waals surface area contributed by atoms with Crippen molar-refractivity contribution in [1.82, 2.24) is 20.8 Å². The first kappa shape index (κ1) is 17.6. The van der Waals surface area contributed by atoms with Crippen molar-refractivity contribution in [1.29, 1.82) is 0 Å². The third-order valence-electron chi connectivity index (χ3n) is 6.77. The van der Waals surface area contributed by atoms with Crippen molar-refractivity contribution in [3.63, 3.8) is 0 Å². The van der Waals surface area contributed by atoms with Crippen LogP contribution in [0, 0.1) is 29.1 Å². The first-order valence-electron chi connectivity index (χ1n) is 10.0. The van der Waals surface area contributed by atoms with Gasteiger partial charge >= 0.3 is 0 Å². The van der Waals surface area contributed by atoms with Gasteiger partial charge in [-0.2, -0.15) is 5.10 Å². The van der Waals surface area contributed by atoms with Crippen LogP contribution in [0.25, 0.3) is 0 Å². The molecule has 4 aliphatic carbocycles. The number of nitrogens with zero attached hydrogens (tertiary/aromatic N) is 1. The molecule has 1 heterocycles. The van der Waals surface area contributed by atoms with Gasteiger partial charge < -0.3 is 10.6 Å². The lowest BCUT2D eigenvalue weighted by Crippen LogP contribution is -2.58. The number of aromatic amines is 1. The SMILES string of the molecule is CC(C)[C@H](NC(=O)C12CC3CC(CC(C3)C1)C2)C(=O)NCc1ccn[nH]1. The topological polar surface area (TPSA) is 86.9 Å². The summed E-state index contributed by atoms with van der Waals surface area (Å²) < 4.78 is 0. The van der Waals surface area contributed by atoms with Crippen molar-refractivity contribution in [3.05, 3.63) is 18.0 Å². The number of aromatic nitrogens is 2. The fourth-order valence-electron chi connectivity index (χ4n) is 5.89. The number of H-pyrrole nitrogens is 1. The van der Waals surface area contributed by atoms with E-state index in [1.54, 1.807) is 6.20 Å². The predicted molar refractivity (Wildman–Crippen MR) is 97.8 cm³/mol. The van der Waals surface area contributed by atoms with E-state index >= 15 is 0 Å². The summed E-state index contributed by atoms with van der Waals surface area (Å²) >= 11 is 0. The lowest BCUT2D eigenvalue weighted by molar-refractivity contribution is -0.149. The Bertz CT molecular complexity index is 632. The molecule has 4 bridgehead atoms. The number of rotatable bonds is 6. The van der Waals surface area contributed by atoms with Crippen LogP contribution in [0.3, 0.4) is 0 Å². The molecule has 0 aliphatic heterocycles. The van der Waals surface area contributed by atoms with Crippen molar-refractivity contribution in [3.8, 4) is 0 Å². The van der Waals surface area contributed by atoms with Gasteiger partial charge in [0.05, 0.1) is 12.2 Å². The van der Waals surface area contributed by atoms with E-state index in [1.807, 2.05) is 19.9 Å². The summed E-state index contributed by atoms with van der Waals surface area (Å²) in [5, 5.41) is 12.8. The van der Waals surface area contributed by atoms with Gasteiger partial charge in [0.15, 0.2) is 0 Å². The molecule has 0 radical (unpaired) electrons. The minimum atomic E-state index is -0.488. The Morgan fingerprint density at radius 3 is 2.31 bits per heavy atom. The molecule has 0 aromatic carbocycles. The molecular formula is C20H30N4O2. The summed E-state index contributed by atoms with van der Waals surface area (Å²) in [5.41, 5.74) is 0.638. The van der Waals surface area contributed by atoms with Crippen molar-refractivity contribution in [2.45, 2.75) is 65.0 Å². The van der Waals surface area contributed by atoms with Crippen LogP contribution >= 0.6 is 0 Å². The van der Waals surface area contributed by atoms with Gasteiger partial charge in [0.1, 0.15) is 6.04 Å². The molecular weight excluding hydrogens is 328 g/mol. The summed E-state index contributed by atoms with van der Waals surface area (Å²) in [5.74, 6) is 2.21. The van der Waals surface area contributed by atoms with E-state index in [0.717, 1.165) is 42.7 Å². The molecule has 4 aliphatic rings. The fraction of sp³-hybridized carbons (Fsp3) is 0.750. The fourth-order valence-corrected chi connectivity index (χ4v) is 5.89. The highest BCUT2D eigenvalue weighted by molar-refractivity contribution is 5.90. The van der Waals surface area contributed by atoms with Crippen LogP contribution in [0.4, 0.5) is 0 Å². The largest absolute Gasteiger partial charge is 0.349 e. The number of hydrogen-bond acceptors (Lipinski definition) is 3. The summed E-state index contributed by atoms with van der Waals surface area (Å²) in [4.78, 5) is 25.9. The highest BCUT2D eigenvalue weighted by Gasteiger charge is 2.55. The maximum atomic E-state index is 13.2. The molecule has 1 aromatic rings. The minimum Gasteiger partial charge on any atom is -0.349 e. The zero-order valence-corrected chi connectivity index (χ0v) is 15.8. The van der Waals surface area contributed by atoms with E-state index in [-0.39, 0.29) is 23.1 Å². The molecule has 1 aromatic heterocycles. The zero-order valence-electron chi connectivity index (χ0n) is 15.8. The van der Waals surface area contributed by atoms with Crippen molar-refractivity contribution >= 4 is 11.8 Å². The summed E-state index contributed by atoms with van der Waals surface area (Å²) in [6.45, 7) is 4.37. The lowest BCUT2D eigenvalue weighted by atomic mass is 9.49. The molecule has 26 heavy (non-hydrogen) atoms. The Morgan fingerprint density at radius 2 is 1.81 bits per heavy atom. The Kier molecular flexibility index (Phi) is 4.53. The van der Waals surface area contributed by atoms with E-state index < -0.39 is 6.04 Å². The van der Waals surface area contributed by atoms with Crippen LogP contribution in [0.1, 0.15) is 58.1 Å². The van der Waals surface area contributed by atoms with Gasteiger partial charge in [0, 0.05) is 11.6 Å². The van der Waals surface area contributed by atoms with Gasteiger partial charge in [0.2, 0.25) is 11.8 Å². The first-order chi connectivity index (χ1) is 12.4. The number of amides is 2. The molecule has 1 atom stereocenters. The second kappa shape index (κ2) is 6.71. The normalized spacial score (nSPS) is 33.3. The quantitative estimate of drug-likeness (QED) is 0.730. The van der Waals surface area contributed by atoms with E-state index in [2.05, 4.69) is 20.8 Å². The van der Waals surface area contributed by atoms with Crippen LogP contribution in [0.5, 0.6) is 0 Å².